The highest BCUT2D eigenvalue weighted by Gasteiger charge is 2.17. The van der Waals surface area contributed by atoms with E-state index in [0.717, 1.165) is 6.07 Å². The van der Waals surface area contributed by atoms with Crippen LogP contribution in [0, 0.1) is 0 Å². The van der Waals surface area contributed by atoms with Gasteiger partial charge in [-0.2, -0.15) is 0 Å². The van der Waals surface area contributed by atoms with Crippen LogP contribution in [0.1, 0.15) is 10.4 Å². The van der Waals surface area contributed by atoms with Crippen LogP contribution in [-0.2, 0) is 19.6 Å². The van der Waals surface area contributed by atoms with Gasteiger partial charge in [0.1, 0.15) is 0 Å². The van der Waals surface area contributed by atoms with E-state index in [1.165, 1.54) is 19.2 Å². The maximum Gasteiger partial charge on any atom is 0.339 e. The predicted octanol–water partition coefficient (Wildman–Crippen LogP) is -0.000700. The molecule has 19 heavy (non-hydrogen) atoms. The molecule has 0 aromatic heterocycles. The standard InChI is InChI=1S/C10H11BrN2O5S/c1-13-9(14)5-18-10(15)7-4-6(19(12,16)17)2-3-8(7)11/h2-4H,5H2,1H3,(H,13,14)(H2,12,16,17). The van der Waals surface area contributed by atoms with Crippen molar-refractivity contribution in [1.82, 2.24) is 5.32 Å². The first kappa shape index (κ1) is 15.6. The molecule has 0 fully saturated rings. The van der Waals surface area contributed by atoms with Crippen molar-refractivity contribution >= 4 is 37.8 Å². The zero-order valence-electron chi connectivity index (χ0n) is 9.84. The van der Waals surface area contributed by atoms with E-state index in [1.54, 1.807) is 0 Å². The van der Waals surface area contributed by atoms with Gasteiger partial charge in [0, 0.05) is 11.5 Å². The van der Waals surface area contributed by atoms with E-state index in [1.807, 2.05) is 0 Å². The minimum absolute atomic E-state index is 0.0320. The van der Waals surface area contributed by atoms with Gasteiger partial charge in [0.05, 0.1) is 10.5 Å². The molecule has 0 aliphatic carbocycles. The first-order valence-electron chi connectivity index (χ1n) is 4.95. The number of nitrogens with two attached hydrogens (primary N) is 1. The fourth-order valence-electron chi connectivity index (χ4n) is 1.12. The molecule has 0 aliphatic rings. The molecule has 0 saturated carbocycles. The Morgan fingerprint density at radius 2 is 2.05 bits per heavy atom. The topological polar surface area (TPSA) is 116 Å². The molecule has 3 N–H and O–H groups in total. The number of ether oxygens (including phenoxy) is 1. The highest BCUT2D eigenvalue weighted by Crippen LogP contribution is 2.21. The van der Waals surface area contributed by atoms with Crippen molar-refractivity contribution in [3.8, 4) is 0 Å². The number of hydrogen-bond acceptors (Lipinski definition) is 5. The molecular formula is C10H11BrN2O5S. The second-order valence-corrected chi connectivity index (χ2v) is 5.85. The number of rotatable bonds is 4. The number of hydrogen-bond donors (Lipinski definition) is 2. The quantitative estimate of drug-likeness (QED) is 0.741. The van der Waals surface area contributed by atoms with Crippen molar-refractivity contribution < 1.29 is 22.7 Å². The maximum absolute atomic E-state index is 11.7. The van der Waals surface area contributed by atoms with Crippen LogP contribution in [0.25, 0.3) is 0 Å². The molecule has 0 atom stereocenters. The lowest BCUT2D eigenvalue weighted by molar-refractivity contribution is -0.123. The van der Waals surface area contributed by atoms with Gasteiger partial charge in [0.25, 0.3) is 5.91 Å². The van der Waals surface area contributed by atoms with Crippen molar-refractivity contribution in [3.63, 3.8) is 0 Å². The molecule has 0 spiro atoms. The van der Waals surface area contributed by atoms with Gasteiger partial charge in [-0.1, -0.05) is 0 Å². The molecule has 1 aromatic rings. The maximum atomic E-state index is 11.7. The highest BCUT2D eigenvalue weighted by molar-refractivity contribution is 9.10. The van der Waals surface area contributed by atoms with Gasteiger partial charge in [0.15, 0.2) is 6.61 Å². The lowest BCUT2D eigenvalue weighted by Crippen LogP contribution is -2.25. The fourth-order valence-corrected chi connectivity index (χ4v) is 2.07. The van der Waals surface area contributed by atoms with Crippen LogP contribution in [0.15, 0.2) is 27.6 Å². The minimum Gasteiger partial charge on any atom is -0.452 e. The zero-order valence-corrected chi connectivity index (χ0v) is 12.2. The minimum atomic E-state index is -3.92. The number of benzene rings is 1. The first-order valence-corrected chi connectivity index (χ1v) is 7.29. The Labute approximate surface area is 118 Å². The van der Waals surface area contributed by atoms with Gasteiger partial charge >= 0.3 is 5.97 Å². The third kappa shape index (κ3) is 4.30. The monoisotopic (exact) mass is 350 g/mol. The number of likely N-dealkylation sites (N-methyl/N-ethyl adjacent to an activating group) is 1. The molecule has 1 amide bonds. The van der Waals surface area contributed by atoms with Gasteiger partial charge in [0.2, 0.25) is 10.0 Å². The molecule has 0 radical (unpaired) electrons. The number of nitrogens with one attached hydrogen (secondary N) is 1. The summed E-state index contributed by atoms with van der Waals surface area (Å²) in [6, 6.07) is 3.68. The van der Waals surface area contributed by atoms with E-state index in [-0.39, 0.29) is 10.5 Å². The summed E-state index contributed by atoms with van der Waals surface area (Å²) in [6.07, 6.45) is 0. The van der Waals surface area contributed by atoms with Crippen molar-refractivity contribution in [3.05, 3.63) is 28.2 Å². The van der Waals surface area contributed by atoms with Gasteiger partial charge < -0.3 is 10.1 Å². The van der Waals surface area contributed by atoms with Crippen LogP contribution < -0.4 is 10.5 Å². The normalized spacial score (nSPS) is 10.9. The van der Waals surface area contributed by atoms with Gasteiger partial charge in [-0.3, -0.25) is 4.79 Å². The summed E-state index contributed by atoms with van der Waals surface area (Å²) in [5.41, 5.74) is -0.0320. The third-order valence-corrected chi connectivity index (χ3v) is 3.70. The lowest BCUT2D eigenvalue weighted by atomic mass is 10.2. The average Bonchev–Trinajstić information content (AvgIpc) is 2.34. The van der Waals surface area contributed by atoms with Crippen LogP contribution in [0.5, 0.6) is 0 Å². The number of sulfonamides is 1. The van der Waals surface area contributed by atoms with Crippen molar-refractivity contribution in [2.24, 2.45) is 5.14 Å². The van der Waals surface area contributed by atoms with Crippen LogP contribution in [-0.4, -0.2) is 33.9 Å². The summed E-state index contributed by atoms with van der Waals surface area (Å²) < 4.78 is 27.4. The zero-order chi connectivity index (χ0) is 14.6. The molecule has 0 aliphatic heterocycles. The van der Waals surface area contributed by atoms with Gasteiger partial charge in [-0.05, 0) is 34.1 Å². The molecule has 104 valence electrons. The summed E-state index contributed by atoms with van der Waals surface area (Å²) >= 11 is 3.08. The molecule has 0 heterocycles. The van der Waals surface area contributed by atoms with E-state index in [4.69, 9.17) is 9.88 Å². The Bertz CT molecular complexity index is 614. The van der Waals surface area contributed by atoms with Gasteiger partial charge in [-0.25, -0.2) is 18.4 Å². The Balaban J connectivity index is 3.00. The predicted molar refractivity (Wildman–Crippen MR) is 69.9 cm³/mol. The van der Waals surface area contributed by atoms with Crippen molar-refractivity contribution in [1.29, 1.82) is 0 Å². The molecule has 0 bridgehead atoms. The molecule has 7 nitrogen and oxygen atoms in total. The Morgan fingerprint density at radius 3 is 2.58 bits per heavy atom. The summed E-state index contributed by atoms with van der Waals surface area (Å²) in [6.45, 7) is -0.457. The molecule has 1 rings (SSSR count). The van der Waals surface area contributed by atoms with E-state index in [2.05, 4.69) is 21.2 Å². The van der Waals surface area contributed by atoms with Crippen LogP contribution in [0.4, 0.5) is 0 Å². The third-order valence-electron chi connectivity index (χ3n) is 2.10. The van der Waals surface area contributed by atoms with Crippen LogP contribution in [0.3, 0.4) is 0 Å². The number of carbonyl (C=O) groups excluding carboxylic acids is 2. The summed E-state index contributed by atoms with van der Waals surface area (Å²) in [4.78, 5) is 22.4. The van der Waals surface area contributed by atoms with Crippen molar-refractivity contribution in [2.45, 2.75) is 4.90 Å². The van der Waals surface area contributed by atoms with E-state index < -0.39 is 28.5 Å². The molecule has 0 unspecified atom stereocenters. The second-order valence-electron chi connectivity index (χ2n) is 3.44. The number of primary sulfonamides is 1. The Hall–Kier alpha value is -1.45. The van der Waals surface area contributed by atoms with Gasteiger partial charge in [-0.15, -0.1) is 0 Å². The van der Waals surface area contributed by atoms with E-state index >= 15 is 0 Å². The smallest absolute Gasteiger partial charge is 0.339 e. The SMILES string of the molecule is CNC(=O)COC(=O)c1cc(S(N)(=O)=O)ccc1Br. The summed E-state index contributed by atoms with van der Waals surface area (Å²) in [5.74, 6) is -1.31. The lowest BCUT2D eigenvalue weighted by Gasteiger charge is -2.07. The molecule has 0 saturated heterocycles. The van der Waals surface area contributed by atoms with E-state index in [0.29, 0.717) is 4.47 Å². The Morgan fingerprint density at radius 1 is 1.42 bits per heavy atom. The largest absolute Gasteiger partial charge is 0.452 e. The Kier molecular flexibility index (Phi) is 5.04. The van der Waals surface area contributed by atoms with Crippen LogP contribution in [0.2, 0.25) is 0 Å². The molecular weight excluding hydrogens is 340 g/mol. The average molecular weight is 351 g/mol. The number of esters is 1. The second kappa shape index (κ2) is 6.13. The fraction of sp³-hybridized carbons (Fsp3) is 0.200. The molecule has 9 heteroatoms. The highest BCUT2D eigenvalue weighted by atomic mass is 79.9. The number of amides is 1. The number of halogens is 1. The number of carbonyl (C=O) groups is 2. The van der Waals surface area contributed by atoms with Crippen LogP contribution >= 0.6 is 15.9 Å². The molecule has 1 aromatic carbocycles. The summed E-state index contributed by atoms with van der Waals surface area (Å²) in [5, 5.41) is 7.24. The van der Waals surface area contributed by atoms with E-state index in [9.17, 15) is 18.0 Å². The van der Waals surface area contributed by atoms with Crippen molar-refractivity contribution in [2.75, 3.05) is 13.7 Å². The first-order chi connectivity index (χ1) is 8.75. The summed E-state index contributed by atoms with van der Waals surface area (Å²) in [7, 11) is -2.52.